The molecule has 12 heteroatoms. The van der Waals surface area contributed by atoms with E-state index in [2.05, 4.69) is 10.6 Å². The Kier molecular flexibility index (Phi) is 10.0. The van der Waals surface area contributed by atoms with E-state index in [0.717, 1.165) is 23.3 Å². The van der Waals surface area contributed by atoms with Crippen LogP contribution in [0.5, 0.6) is 0 Å². The Balaban J connectivity index is 1.05. The molecule has 1 aliphatic heterocycles. The van der Waals surface area contributed by atoms with Gasteiger partial charge in [-0.25, -0.2) is 0 Å². The number of nitrogens with one attached hydrogen (secondary N) is 2. The summed E-state index contributed by atoms with van der Waals surface area (Å²) in [7, 11) is 0. The first kappa shape index (κ1) is 35.2. The summed E-state index contributed by atoms with van der Waals surface area (Å²) in [6.07, 6.45) is -7.83. The second-order valence-electron chi connectivity index (χ2n) is 12.4. The molecule has 1 aliphatic carbocycles. The van der Waals surface area contributed by atoms with E-state index in [-0.39, 0.29) is 25.2 Å². The summed E-state index contributed by atoms with van der Waals surface area (Å²) >= 11 is 0. The third kappa shape index (κ3) is 7.41. The molecule has 1 fully saturated rings. The van der Waals surface area contributed by atoms with Crippen LogP contribution in [0.1, 0.15) is 52.7 Å². The zero-order valence-corrected chi connectivity index (χ0v) is 26.7. The minimum absolute atomic E-state index is 0.156. The Morgan fingerprint density at radius 3 is 1.86 bits per heavy atom. The van der Waals surface area contributed by atoms with Gasteiger partial charge in [0, 0.05) is 5.56 Å². The van der Waals surface area contributed by atoms with Crippen LogP contribution in [0, 0.1) is 0 Å². The summed E-state index contributed by atoms with van der Waals surface area (Å²) < 4.78 is 90.3. The van der Waals surface area contributed by atoms with Crippen molar-refractivity contribution in [2.24, 2.45) is 0 Å². The highest BCUT2D eigenvalue weighted by molar-refractivity contribution is 6.01. The molecular weight excluding hydrogens is 662 g/mol. The van der Waals surface area contributed by atoms with Crippen molar-refractivity contribution >= 4 is 11.8 Å². The molecule has 50 heavy (non-hydrogen) atoms. The molecule has 4 aromatic carbocycles. The van der Waals surface area contributed by atoms with Gasteiger partial charge in [-0.1, -0.05) is 85.3 Å². The molecule has 0 aromatic heterocycles. The van der Waals surface area contributed by atoms with Gasteiger partial charge in [-0.2, -0.15) is 26.3 Å². The lowest BCUT2D eigenvalue weighted by Gasteiger charge is -2.32. The molecular formula is C38H34F6N2O4. The molecule has 2 amide bonds. The van der Waals surface area contributed by atoms with Crippen molar-refractivity contribution in [1.29, 1.82) is 0 Å². The van der Waals surface area contributed by atoms with Gasteiger partial charge in [-0.3, -0.25) is 9.59 Å². The van der Waals surface area contributed by atoms with Crippen molar-refractivity contribution in [2.75, 3.05) is 19.8 Å². The van der Waals surface area contributed by atoms with Gasteiger partial charge in [-0.05, 0) is 70.8 Å². The average molecular weight is 697 g/mol. The fourth-order valence-corrected chi connectivity index (χ4v) is 6.81. The Morgan fingerprint density at radius 2 is 1.28 bits per heavy atom. The molecule has 0 spiro atoms. The lowest BCUT2D eigenvalue weighted by molar-refractivity contribution is -0.191. The van der Waals surface area contributed by atoms with Gasteiger partial charge >= 0.3 is 12.4 Å². The molecule has 262 valence electrons. The van der Waals surface area contributed by atoms with Crippen LogP contribution in [0.25, 0.3) is 22.3 Å². The fraction of sp³-hybridized carbons (Fsp3) is 0.316. The summed E-state index contributed by atoms with van der Waals surface area (Å²) in [5, 5.41) is 5.01. The highest BCUT2D eigenvalue weighted by atomic mass is 19.4. The number of carbonyl (C=O) groups is 2. The molecule has 0 unspecified atom stereocenters. The first-order chi connectivity index (χ1) is 23.9. The number of benzene rings is 4. The molecule has 0 atom stereocenters. The van der Waals surface area contributed by atoms with Crippen LogP contribution in [0.3, 0.4) is 0 Å². The van der Waals surface area contributed by atoms with Crippen molar-refractivity contribution in [1.82, 2.24) is 10.6 Å². The Morgan fingerprint density at radius 1 is 0.720 bits per heavy atom. The van der Waals surface area contributed by atoms with Crippen LogP contribution < -0.4 is 10.6 Å². The Bertz CT molecular complexity index is 1790. The largest absolute Gasteiger partial charge is 0.416 e. The topological polar surface area (TPSA) is 76.7 Å². The van der Waals surface area contributed by atoms with Crippen molar-refractivity contribution in [3.63, 3.8) is 0 Å². The number of alkyl halides is 6. The van der Waals surface area contributed by atoms with Gasteiger partial charge in [0.2, 0.25) is 5.91 Å². The molecule has 6 rings (SSSR count). The lowest BCUT2D eigenvalue weighted by Crippen LogP contribution is -2.47. The molecule has 0 saturated carbocycles. The zero-order chi connectivity index (χ0) is 35.5. The van der Waals surface area contributed by atoms with Gasteiger partial charge in [0.15, 0.2) is 6.29 Å². The molecule has 6 nitrogen and oxygen atoms in total. The number of unbranched alkanes of at least 4 members (excludes halogenated alkanes) is 1. The number of fused-ring (bicyclic) bond motifs is 3. The van der Waals surface area contributed by atoms with Gasteiger partial charge in [0.25, 0.3) is 5.91 Å². The fourth-order valence-electron chi connectivity index (χ4n) is 6.81. The normalized spacial score (nSPS) is 18.2. The number of halogens is 6. The van der Waals surface area contributed by atoms with E-state index < -0.39 is 54.0 Å². The quantitative estimate of drug-likeness (QED) is 0.130. The van der Waals surface area contributed by atoms with Crippen molar-refractivity contribution in [3.8, 4) is 22.3 Å². The molecule has 2 aliphatic rings. The maximum atomic E-state index is 13.7. The van der Waals surface area contributed by atoms with Gasteiger partial charge in [0.1, 0.15) is 12.0 Å². The summed E-state index contributed by atoms with van der Waals surface area (Å²) in [6, 6.07) is 25.3. The predicted molar refractivity (Wildman–Crippen MR) is 174 cm³/mol. The average Bonchev–Trinajstić information content (AvgIpc) is 3.39. The summed E-state index contributed by atoms with van der Waals surface area (Å²) in [6.45, 7) is -1.12. The highest BCUT2D eigenvalue weighted by Gasteiger charge is 2.49. The molecule has 4 aromatic rings. The Hall–Kier alpha value is -4.68. The standard InChI is InChI=1S/C38H34F6N2O4/c39-37(40,41)23-45-35(48)36(31-13-5-3-10-28(31)29-11-4-6-14-32(29)36)20-8-7-15-33-49-21-26(22-50-33)46-34(47)30-12-2-1-9-27(30)24-16-18-25(19-17-24)38(42,43)44/h1-6,9-14,16-19,26,33H,7-8,15,20-23H2,(H,45,48)(H,46,47). The third-order valence-electron chi connectivity index (χ3n) is 9.14. The maximum Gasteiger partial charge on any atom is 0.416 e. The maximum absolute atomic E-state index is 13.7. The summed E-state index contributed by atoms with van der Waals surface area (Å²) in [5.74, 6) is -1.13. The third-order valence-corrected chi connectivity index (χ3v) is 9.14. The number of hydrogen-bond donors (Lipinski definition) is 2. The Labute approximate surface area is 284 Å². The molecule has 1 heterocycles. The number of hydrogen-bond acceptors (Lipinski definition) is 4. The van der Waals surface area contributed by atoms with Crippen LogP contribution >= 0.6 is 0 Å². The van der Waals surface area contributed by atoms with E-state index in [0.29, 0.717) is 41.5 Å². The van der Waals surface area contributed by atoms with Crippen LogP contribution in [0.2, 0.25) is 0 Å². The molecule has 1 saturated heterocycles. The van der Waals surface area contributed by atoms with Gasteiger partial charge in [-0.15, -0.1) is 0 Å². The number of amides is 2. The van der Waals surface area contributed by atoms with E-state index in [4.69, 9.17) is 9.47 Å². The van der Waals surface area contributed by atoms with Crippen molar-refractivity contribution < 1.29 is 45.4 Å². The zero-order valence-electron chi connectivity index (χ0n) is 26.7. The van der Waals surface area contributed by atoms with Crippen LogP contribution in [-0.2, 0) is 25.9 Å². The minimum atomic E-state index is -4.56. The first-order valence-electron chi connectivity index (χ1n) is 16.2. The molecule has 2 N–H and O–H groups in total. The van der Waals surface area contributed by atoms with Crippen molar-refractivity contribution in [2.45, 2.75) is 55.8 Å². The van der Waals surface area contributed by atoms with E-state index in [9.17, 15) is 35.9 Å². The van der Waals surface area contributed by atoms with E-state index in [1.807, 2.05) is 24.3 Å². The van der Waals surface area contributed by atoms with E-state index >= 15 is 0 Å². The molecule has 0 bridgehead atoms. The SMILES string of the molecule is O=C(NC1COC(CCCCC2(C(=O)NCC(F)(F)F)c3ccccc3-c3ccccc32)OC1)c1ccccc1-c1ccc(C(F)(F)F)cc1. The van der Waals surface area contributed by atoms with Crippen molar-refractivity contribution in [3.05, 3.63) is 119 Å². The molecule has 0 radical (unpaired) electrons. The van der Waals surface area contributed by atoms with Gasteiger partial charge in [0.05, 0.1) is 24.8 Å². The summed E-state index contributed by atoms with van der Waals surface area (Å²) in [5.41, 5.74) is 2.13. The lowest BCUT2D eigenvalue weighted by atomic mass is 9.73. The second kappa shape index (κ2) is 14.3. The highest BCUT2D eigenvalue weighted by Crippen LogP contribution is 2.51. The van der Waals surface area contributed by atoms with Crippen LogP contribution in [0.4, 0.5) is 26.3 Å². The number of carbonyl (C=O) groups excluding carboxylic acids is 2. The van der Waals surface area contributed by atoms with Crippen LogP contribution in [0.15, 0.2) is 97.1 Å². The van der Waals surface area contributed by atoms with E-state index in [1.165, 1.54) is 12.1 Å². The number of ether oxygens (including phenoxy) is 2. The smallest absolute Gasteiger partial charge is 0.350 e. The predicted octanol–water partition coefficient (Wildman–Crippen LogP) is 8.05. The second-order valence-corrected chi connectivity index (χ2v) is 12.4. The first-order valence-corrected chi connectivity index (χ1v) is 16.2. The van der Waals surface area contributed by atoms with E-state index in [1.54, 1.807) is 48.5 Å². The van der Waals surface area contributed by atoms with Gasteiger partial charge < -0.3 is 20.1 Å². The monoisotopic (exact) mass is 696 g/mol. The van der Waals surface area contributed by atoms with Crippen LogP contribution in [-0.4, -0.2) is 50.1 Å². The minimum Gasteiger partial charge on any atom is -0.350 e. The summed E-state index contributed by atoms with van der Waals surface area (Å²) in [4.78, 5) is 26.9. The number of rotatable bonds is 10.